The summed E-state index contributed by atoms with van der Waals surface area (Å²) in [6.45, 7) is 5.58. The van der Waals surface area contributed by atoms with E-state index in [9.17, 15) is 38.4 Å². The number of ketones is 2. The molecule has 0 amide bonds. The Labute approximate surface area is 301 Å². The van der Waals surface area contributed by atoms with Crippen molar-refractivity contribution >= 4 is 47.4 Å². The van der Waals surface area contributed by atoms with E-state index < -0.39 is 107 Å². The van der Waals surface area contributed by atoms with Gasteiger partial charge in [-0.05, 0) is 17.7 Å². The number of methoxy groups -OCH3 is 2. The van der Waals surface area contributed by atoms with E-state index in [1.807, 2.05) is 0 Å². The molecule has 284 valence electrons. The summed E-state index contributed by atoms with van der Waals surface area (Å²) >= 11 is 0. The molecule has 1 heterocycles. The summed E-state index contributed by atoms with van der Waals surface area (Å²) in [5.41, 5.74) is -1.11. The van der Waals surface area contributed by atoms with Gasteiger partial charge in [0.05, 0.1) is 30.9 Å². The number of benzene rings is 2. The van der Waals surface area contributed by atoms with Crippen molar-refractivity contribution < 1.29 is 85.7 Å². The molecule has 53 heavy (non-hydrogen) atoms. The first kappa shape index (κ1) is 39.7. The summed E-state index contributed by atoms with van der Waals surface area (Å²) in [6.07, 6.45) is -8.12. The molecule has 4 rings (SSSR count). The van der Waals surface area contributed by atoms with Crippen LogP contribution in [0.3, 0.4) is 0 Å². The lowest BCUT2D eigenvalue weighted by molar-refractivity contribution is -0.288. The lowest BCUT2D eigenvalue weighted by atomic mass is 9.81. The van der Waals surface area contributed by atoms with Gasteiger partial charge in [-0.3, -0.25) is 38.4 Å². The van der Waals surface area contributed by atoms with Crippen molar-refractivity contribution in [1.82, 2.24) is 0 Å². The minimum absolute atomic E-state index is 0.0863. The van der Waals surface area contributed by atoms with Crippen LogP contribution in [0, 0.1) is 0 Å². The van der Waals surface area contributed by atoms with Crippen LogP contribution in [0.15, 0.2) is 18.2 Å². The molecule has 0 aromatic heterocycles. The molecule has 0 N–H and O–H groups in total. The zero-order chi connectivity index (χ0) is 39.3. The molecule has 0 radical (unpaired) electrons. The van der Waals surface area contributed by atoms with Gasteiger partial charge in [-0.1, -0.05) is 0 Å². The van der Waals surface area contributed by atoms with E-state index >= 15 is 0 Å². The van der Waals surface area contributed by atoms with E-state index in [0.29, 0.717) is 0 Å². The molecule has 2 aliphatic rings. The first-order valence-corrected chi connectivity index (χ1v) is 15.8. The van der Waals surface area contributed by atoms with E-state index in [4.69, 9.17) is 47.4 Å². The van der Waals surface area contributed by atoms with Gasteiger partial charge in [0.2, 0.25) is 18.2 Å². The maximum absolute atomic E-state index is 14.5. The second-order valence-corrected chi connectivity index (χ2v) is 11.6. The third-order valence-corrected chi connectivity index (χ3v) is 7.62. The monoisotopic (exact) mass is 744 g/mol. The number of ether oxygens (including phenoxy) is 10. The third kappa shape index (κ3) is 8.89. The topological polar surface area (TPSA) is 229 Å². The summed E-state index contributed by atoms with van der Waals surface area (Å²) in [7, 11) is 2.42. The molecular formula is C35H36O18. The van der Waals surface area contributed by atoms with Crippen molar-refractivity contribution in [3.8, 4) is 23.0 Å². The largest absolute Gasteiger partial charge is 0.496 e. The Morgan fingerprint density at radius 3 is 1.74 bits per heavy atom. The SMILES string of the molecule is COc1cc(O[C@@H]2O[C@H](COC(C)=O)[C@@H](OC(C)=O)[C@H](OC(C)=O)[C@H]2OC(C)=O)c2c(c1OC(C)=O)C(=O)c1cc(COC(C)=O)cc(OC)c1C2=O. The quantitative estimate of drug-likeness (QED) is 0.147. The standard InChI is InChI=1S/C35H36O18/c1-14(36)46-12-20-9-21-26(22(10-20)44-7)30(43)27-23(11-24(45-8)31(48-16(3)38)28(27)29(21)42)52-35-34(51-19(6)41)33(50-18(5)40)32(49-17(4)39)25(53-35)13-47-15(2)37/h9-11,25,32-35H,12-13H2,1-8H3/t25-,32-,33+,34-,35-/m1/s1. The van der Waals surface area contributed by atoms with Crippen LogP contribution >= 0.6 is 0 Å². The zero-order valence-electron chi connectivity index (χ0n) is 29.9. The summed E-state index contributed by atoms with van der Waals surface area (Å²) in [5, 5.41) is 0. The van der Waals surface area contributed by atoms with Crippen LogP contribution in [-0.4, -0.2) is 98.9 Å². The molecule has 5 atom stereocenters. The predicted octanol–water partition coefficient (Wildman–Crippen LogP) is 1.93. The van der Waals surface area contributed by atoms with E-state index in [1.54, 1.807) is 0 Å². The highest BCUT2D eigenvalue weighted by atomic mass is 16.7. The van der Waals surface area contributed by atoms with Crippen molar-refractivity contribution in [3.05, 3.63) is 46.0 Å². The van der Waals surface area contributed by atoms with Gasteiger partial charge >= 0.3 is 35.8 Å². The number of fused-ring (bicyclic) bond motifs is 2. The third-order valence-electron chi connectivity index (χ3n) is 7.62. The molecule has 18 nitrogen and oxygen atoms in total. The Morgan fingerprint density at radius 1 is 0.604 bits per heavy atom. The molecule has 1 aliphatic carbocycles. The van der Waals surface area contributed by atoms with Gasteiger partial charge in [-0.2, -0.15) is 0 Å². The fourth-order valence-electron chi connectivity index (χ4n) is 5.73. The minimum Gasteiger partial charge on any atom is -0.496 e. The summed E-state index contributed by atoms with van der Waals surface area (Å²) in [4.78, 5) is 101. The van der Waals surface area contributed by atoms with Crippen molar-refractivity contribution in [2.24, 2.45) is 0 Å². The van der Waals surface area contributed by atoms with Crippen LogP contribution in [-0.2, 0) is 63.8 Å². The normalized spacial score (nSPS) is 20.1. The van der Waals surface area contributed by atoms with Gasteiger partial charge in [0.1, 0.15) is 30.8 Å². The Kier molecular flexibility index (Phi) is 12.4. The van der Waals surface area contributed by atoms with Crippen LogP contribution in [0.2, 0.25) is 0 Å². The van der Waals surface area contributed by atoms with E-state index in [2.05, 4.69) is 0 Å². The van der Waals surface area contributed by atoms with Gasteiger partial charge in [0, 0.05) is 53.2 Å². The maximum atomic E-state index is 14.5. The van der Waals surface area contributed by atoms with Crippen molar-refractivity contribution in [1.29, 1.82) is 0 Å². The van der Waals surface area contributed by atoms with Gasteiger partial charge in [0.15, 0.2) is 29.5 Å². The Balaban J connectivity index is 1.97. The number of hydrogen-bond donors (Lipinski definition) is 0. The van der Waals surface area contributed by atoms with E-state index in [-0.39, 0.29) is 34.8 Å². The van der Waals surface area contributed by atoms with Gasteiger partial charge < -0.3 is 47.4 Å². The molecule has 1 aliphatic heterocycles. The van der Waals surface area contributed by atoms with E-state index in [1.165, 1.54) is 33.3 Å². The first-order valence-electron chi connectivity index (χ1n) is 15.8. The highest BCUT2D eigenvalue weighted by Crippen LogP contribution is 2.47. The molecule has 0 unspecified atom stereocenters. The average Bonchev–Trinajstić information content (AvgIpc) is 3.06. The van der Waals surface area contributed by atoms with Crippen LogP contribution in [0.25, 0.3) is 0 Å². The van der Waals surface area contributed by atoms with E-state index in [0.717, 1.165) is 40.7 Å². The Bertz CT molecular complexity index is 1860. The first-order chi connectivity index (χ1) is 25.0. The Morgan fingerprint density at radius 2 is 1.19 bits per heavy atom. The number of rotatable bonds is 12. The van der Waals surface area contributed by atoms with Crippen LogP contribution in [0.4, 0.5) is 0 Å². The Hall–Kier alpha value is -6.04. The second-order valence-electron chi connectivity index (χ2n) is 11.6. The lowest BCUT2D eigenvalue weighted by Gasteiger charge is -2.44. The zero-order valence-corrected chi connectivity index (χ0v) is 29.9. The summed E-state index contributed by atoms with van der Waals surface area (Å²) < 4.78 is 55.0. The molecule has 0 bridgehead atoms. The molecule has 1 fully saturated rings. The fraction of sp³-hybridized carbons (Fsp3) is 0.429. The maximum Gasteiger partial charge on any atom is 0.308 e. The van der Waals surface area contributed by atoms with Crippen molar-refractivity contribution in [2.45, 2.75) is 78.9 Å². The molecule has 2 aromatic carbocycles. The molecule has 18 heteroatoms. The second kappa shape index (κ2) is 16.5. The predicted molar refractivity (Wildman–Crippen MR) is 172 cm³/mol. The molecule has 1 saturated heterocycles. The molecular weight excluding hydrogens is 708 g/mol. The molecule has 2 aromatic rings. The van der Waals surface area contributed by atoms with Crippen molar-refractivity contribution in [2.75, 3.05) is 20.8 Å². The average molecular weight is 745 g/mol. The molecule has 0 spiro atoms. The van der Waals surface area contributed by atoms with Gasteiger partial charge in [-0.25, -0.2) is 0 Å². The van der Waals surface area contributed by atoms with Crippen LogP contribution in [0.5, 0.6) is 23.0 Å². The highest BCUT2D eigenvalue weighted by molar-refractivity contribution is 6.31. The fourth-order valence-corrected chi connectivity index (χ4v) is 5.73. The molecule has 0 saturated carbocycles. The number of carbonyl (C=O) groups excluding carboxylic acids is 8. The number of hydrogen-bond acceptors (Lipinski definition) is 18. The van der Waals surface area contributed by atoms with Gasteiger partial charge in [-0.15, -0.1) is 0 Å². The van der Waals surface area contributed by atoms with Crippen LogP contribution < -0.4 is 18.9 Å². The number of esters is 6. The number of carbonyl (C=O) groups is 8. The summed E-state index contributed by atoms with van der Waals surface area (Å²) in [6, 6.07) is 3.79. The smallest absolute Gasteiger partial charge is 0.308 e. The van der Waals surface area contributed by atoms with Crippen LogP contribution in [0.1, 0.15) is 78.9 Å². The highest BCUT2D eigenvalue weighted by Gasteiger charge is 2.54. The van der Waals surface area contributed by atoms with Gasteiger partial charge in [0.25, 0.3) is 0 Å². The van der Waals surface area contributed by atoms with Crippen molar-refractivity contribution in [3.63, 3.8) is 0 Å². The summed E-state index contributed by atoms with van der Waals surface area (Å²) in [5.74, 6) is -7.93. The minimum atomic E-state index is -1.83. The lowest BCUT2D eigenvalue weighted by Crippen LogP contribution is -2.63.